The van der Waals surface area contributed by atoms with Crippen LogP contribution < -0.4 is 19.5 Å². The molecular formula is C20H21ClN4O4S. The summed E-state index contributed by atoms with van der Waals surface area (Å²) in [4.78, 5) is 12.4. The molecule has 1 amide bonds. The van der Waals surface area contributed by atoms with Crippen LogP contribution in [-0.4, -0.2) is 40.6 Å². The summed E-state index contributed by atoms with van der Waals surface area (Å²) < 4.78 is 17.9. The first-order valence-electron chi connectivity index (χ1n) is 8.91. The largest absolute Gasteiger partial charge is 0.497 e. The van der Waals surface area contributed by atoms with Crippen molar-refractivity contribution in [1.82, 2.24) is 14.8 Å². The van der Waals surface area contributed by atoms with E-state index in [0.717, 1.165) is 0 Å². The third-order valence-corrected chi connectivity index (χ3v) is 5.39. The number of carbonyl (C=O) groups is 1. The van der Waals surface area contributed by atoms with Crippen molar-refractivity contribution >= 4 is 35.0 Å². The number of anilines is 1. The third-order valence-electron chi connectivity index (χ3n) is 4.12. The molecule has 0 unspecified atom stereocenters. The van der Waals surface area contributed by atoms with E-state index >= 15 is 0 Å². The SMILES string of the molecule is COc1ccc(NC(=O)CSc2nnc(COc3ccc(Cl)cc3)n2C)c(OC)c1. The van der Waals surface area contributed by atoms with Crippen LogP contribution >= 0.6 is 23.4 Å². The van der Waals surface area contributed by atoms with Crippen molar-refractivity contribution in [1.29, 1.82) is 0 Å². The van der Waals surface area contributed by atoms with Crippen LogP contribution in [0, 0.1) is 0 Å². The van der Waals surface area contributed by atoms with Crippen molar-refractivity contribution in [3.63, 3.8) is 0 Å². The van der Waals surface area contributed by atoms with Gasteiger partial charge in [0.2, 0.25) is 5.91 Å². The quantitative estimate of drug-likeness (QED) is 0.498. The summed E-state index contributed by atoms with van der Waals surface area (Å²) in [7, 11) is 4.93. The van der Waals surface area contributed by atoms with Crippen molar-refractivity contribution in [2.45, 2.75) is 11.8 Å². The predicted octanol–water partition coefficient (Wildman–Crippen LogP) is 3.80. The Morgan fingerprint density at radius 1 is 1.10 bits per heavy atom. The van der Waals surface area contributed by atoms with Crippen molar-refractivity contribution in [2.75, 3.05) is 25.3 Å². The molecule has 30 heavy (non-hydrogen) atoms. The molecule has 2 aromatic carbocycles. The molecule has 3 aromatic rings. The minimum atomic E-state index is -0.189. The van der Waals surface area contributed by atoms with Gasteiger partial charge in [0.1, 0.15) is 23.9 Å². The Balaban J connectivity index is 1.54. The van der Waals surface area contributed by atoms with Crippen LogP contribution in [0.3, 0.4) is 0 Å². The molecule has 158 valence electrons. The maximum absolute atomic E-state index is 12.4. The van der Waals surface area contributed by atoms with Crippen molar-refractivity contribution in [3.05, 3.63) is 53.3 Å². The first-order chi connectivity index (χ1) is 14.5. The number of amides is 1. The Hall–Kier alpha value is -2.91. The first-order valence-corrected chi connectivity index (χ1v) is 10.3. The molecule has 10 heteroatoms. The Morgan fingerprint density at radius 2 is 1.83 bits per heavy atom. The van der Waals surface area contributed by atoms with Crippen LogP contribution in [0.5, 0.6) is 17.2 Å². The number of hydrogen-bond donors (Lipinski definition) is 1. The number of thioether (sulfide) groups is 1. The van der Waals surface area contributed by atoms with Gasteiger partial charge in [0.15, 0.2) is 11.0 Å². The summed E-state index contributed by atoms with van der Waals surface area (Å²) in [5, 5.41) is 12.3. The Morgan fingerprint density at radius 3 is 2.53 bits per heavy atom. The molecule has 3 rings (SSSR count). The van der Waals surface area contributed by atoms with Gasteiger partial charge < -0.3 is 24.1 Å². The topological polar surface area (TPSA) is 87.5 Å². The molecule has 0 aliphatic rings. The molecule has 0 aliphatic heterocycles. The number of ether oxygens (including phenoxy) is 3. The monoisotopic (exact) mass is 448 g/mol. The lowest BCUT2D eigenvalue weighted by atomic mass is 10.2. The second-order valence-corrected chi connectivity index (χ2v) is 7.48. The Kier molecular flexibility index (Phi) is 7.42. The first kappa shape index (κ1) is 21.8. The average molecular weight is 449 g/mol. The van der Waals surface area contributed by atoms with Gasteiger partial charge in [-0.05, 0) is 36.4 Å². The summed E-state index contributed by atoms with van der Waals surface area (Å²) in [6, 6.07) is 12.3. The molecular weight excluding hydrogens is 428 g/mol. The molecule has 1 aromatic heterocycles. The zero-order valence-corrected chi connectivity index (χ0v) is 18.3. The normalized spacial score (nSPS) is 10.5. The van der Waals surface area contributed by atoms with E-state index in [1.807, 2.05) is 7.05 Å². The number of carbonyl (C=O) groups excluding carboxylic acids is 1. The number of nitrogens with zero attached hydrogens (tertiary/aromatic N) is 3. The van der Waals surface area contributed by atoms with Crippen LogP contribution in [0.25, 0.3) is 0 Å². The highest BCUT2D eigenvalue weighted by Crippen LogP contribution is 2.29. The summed E-state index contributed by atoms with van der Waals surface area (Å²) in [6.07, 6.45) is 0. The van der Waals surface area contributed by atoms with Crippen molar-refractivity contribution in [3.8, 4) is 17.2 Å². The number of rotatable bonds is 9. The summed E-state index contributed by atoms with van der Waals surface area (Å²) >= 11 is 7.15. The van der Waals surface area contributed by atoms with Crippen LogP contribution in [0.2, 0.25) is 5.02 Å². The number of aromatic nitrogens is 3. The van der Waals surface area contributed by atoms with Gasteiger partial charge in [-0.15, -0.1) is 10.2 Å². The van der Waals surface area contributed by atoms with Crippen molar-refractivity contribution < 1.29 is 19.0 Å². The molecule has 8 nitrogen and oxygen atoms in total. The van der Waals surface area contributed by atoms with E-state index in [-0.39, 0.29) is 18.3 Å². The molecule has 0 bridgehead atoms. The summed E-state index contributed by atoms with van der Waals surface area (Å²) in [6.45, 7) is 0.251. The van der Waals surface area contributed by atoms with Crippen LogP contribution in [0.15, 0.2) is 47.6 Å². The van der Waals surface area contributed by atoms with E-state index in [9.17, 15) is 4.79 Å². The van der Waals surface area contributed by atoms with E-state index in [4.69, 9.17) is 25.8 Å². The van der Waals surface area contributed by atoms with Crippen LogP contribution in [0.4, 0.5) is 5.69 Å². The highest BCUT2D eigenvalue weighted by molar-refractivity contribution is 7.99. The number of benzene rings is 2. The lowest BCUT2D eigenvalue weighted by molar-refractivity contribution is -0.113. The zero-order chi connectivity index (χ0) is 21.5. The van der Waals surface area contributed by atoms with E-state index in [1.165, 1.54) is 18.9 Å². The van der Waals surface area contributed by atoms with Gasteiger partial charge in [-0.25, -0.2) is 0 Å². The van der Waals surface area contributed by atoms with Gasteiger partial charge in [0, 0.05) is 18.1 Å². The standard InChI is InChI=1S/C20H21ClN4O4S/c1-25-18(11-29-14-6-4-13(21)5-7-14)23-24-20(25)30-12-19(26)22-16-9-8-15(27-2)10-17(16)28-3/h4-10H,11-12H2,1-3H3,(H,22,26). The molecule has 0 saturated carbocycles. The van der Waals surface area contributed by atoms with E-state index in [0.29, 0.717) is 38.9 Å². The molecule has 0 radical (unpaired) electrons. The van der Waals surface area contributed by atoms with Gasteiger partial charge in [0.25, 0.3) is 0 Å². The molecule has 1 N–H and O–H groups in total. The smallest absolute Gasteiger partial charge is 0.234 e. The van der Waals surface area contributed by atoms with Gasteiger partial charge in [-0.1, -0.05) is 23.4 Å². The minimum Gasteiger partial charge on any atom is -0.497 e. The minimum absolute atomic E-state index is 0.166. The molecule has 1 heterocycles. The highest BCUT2D eigenvalue weighted by atomic mass is 35.5. The summed E-state index contributed by atoms with van der Waals surface area (Å²) in [5.74, 6) is 2.47. The predicted molar refractivity (Wildman–Crippen MR) is 116 cm³/mol. The number of halogens is 1. The maximum Gasteiger partial charge on any atom is 0.234 e. The van der Waals surface area contributed by atoms with Crippen molar-refractivity contribution in [2.24, 2.45) is 7.05 Å². The van der Waals surface area contributed by atoms with E-state index < -0.39 is 0 Å². The second kappa shape index (κ2) is 10.2. The fourth-order valence-corrected chi connectivity index (χ4v) is 3.35. The molecule has 0 fully saturated rings. The summed E-state index contributed by atoms with van der Waals surface area (Å²) in [5.41, 5.74) is 0.568. The van der Waals surface area contributed by atoms with E-state index in [2.05, 4.69) is 15.5 Å². The van der Waals surface area contributed by atoms with Crippen LogP contribution in [0.1, 0.15) is 5.82 Å². The number of nitrogens with one attached hydrogen (secondary N) is 1. The van der Waals surface area contributed by atoms with E-state index in [1.54, 1.807) is 54.1 Å². The maximum atomic E-state index is 12.4. The fraction of sp³-hybridized carbons (Fsp3) is 0.250. The Labute approximate surface area is 183 Å². The molecule has 0 atom stereocenters. The average Bonchev–Trinajstić information content (AvgIpc) is 3.11. The molecule has 0 saturated heterocycles. The third kappa shape index (κ3) is 5.58. The second-order valence-electron chi connectivity index (χ2n) is 6.10. The molecule has 0 spiro atoms. The van der Waals surface area contributed by atoms with Crippen LogP contribution in [-0.2, 0) is 18.4 Å². The lowest BCUT2D eigenvalue weighted by Crippen LogP contribution is -2.15. The Bertz CT molecular complexity index is 1010. The number of hydrogen-bond acceptors (Lipinski definition) is 7. The van der Waals surface area contributed by atoms with Gasteiger partial charge in [0.05, 0.1) is 25.7 Å². The van der Waals surface area contributed by atoms with Gasteiger partial charge in [-0.3, -0.25) is 4.79 Å². The lowest BCUT2D eigenvalue weighted by Gasteiger charge is -2.11. The van der Waals surface area contributed by atoms with Gasteiger partial charge in [-0.2, -0.15) is 0 Å². The number of methoxy groups -OCH3 is 2. The highest BCUT2D eigenvalue weighted by Gasteiger charge is 2.14. The molecule has 0 aliphatic carbocycles. The van der Waals surface area contributed by atoms with Gasteiger partial charge >= 0.3 is 0 Å². The zero-order valence-electron chi connectivity index (χ0n) is 16.7. The fourth-order valence-electron chi connectivity index (χ4n) is 2.49.